The highest BCUT2D eigenvalue weighted by molar-refractivity contribution is 6.31. The molecule has 210 valence electrons. The van der Waals surface area contributed by atoms with Gasteiger partial charge in [-0.1, -0.05) is 35.9 Å². The quantitative estimate of drug-likeness (QED) is 0.375. The summed E-state index contributed by atoms with van der Waals surface area (Å²) in [7, 11) is 0. The van der Waals surface area contributed by atoms with Crippen LogP contribution < -0.4 is 15.1 Å². The lowest BCUT2D eigenvalue weighted by molar-refractivity contribution is -0.124. The maximum absolute atomic E-state index is 14.5. The number of anilines is 2. The van der Waals surface area contributed by atoms with Crippen LogP contribution in [0, 0.1) is 5.82 Å². The minimum atomic E-state index is -2.74. The molecule has 1 unspecified atom stereocenters. The number of halogens is 4. The zero-order chi connectivity index (χ0) is 28.3. The summed E-state index contributed by atoms with van der Waals surface area (Å²) in [6.07, 6.45) is 3.49. The summed E-state index contributed by atoms with van der Waals surface area (Å²) in [5, 5.41) is 3.28. The molecular weight excluding hydrogens is 543 g/mol. The Morgan fingerprint density at radius 2 is 1.80 bits per heavy atom. The highest BCUT2D eigenvalue weighted by Crippen LogP contribution is 2.37. The molecule has 1 aliphatic carbocycles. The van der Waals surface area contributed by atoms with Crippen LogP contribution in [0.2, 0.25) is 5.02 Å². The molecule has 1 N–H and O–H groups in total. The van der Waals surface area contributed by atoms with E-state index < -0.39 is 35.8 Å². The number of hydrogen-bond acceptors (Lipinski definition) is 5. The first-order chi connectivity index (χ1) is 19.2. The van der Waals surface area contributed by atoms with Gasteiger partial charge in [0, 0.05) is 60.5 Å². The molecule has 1 aromatic heterocycles. The maximum atomic E-state index is 14.5. The second-order valence-electron chi connectivity index (χ2n) is 10.2. The van der Waals surface area contributed by atoms with Crippen molar-refractivity contribution >= 4 is 35.1 Å². The molecule has 5 rings (SSSR count). The van der Waals surface area contributed by atoms with Gasteiger partial charge < -0.3 is 10.2 Å². The third-order valence-electron chi connectivity index (χ3n) is 7.46. The van der Waals surface area contributed by atoms with E-state index in [-0.39, 0.29) is 50.5 Å². The van der Waals surface area contributed by atoms with Gasteiger partial charge in [-0.2, -0.15) is 0 Å². The fourth-order valence-electron chi connectivity index (χ4n) is 5.46. The van der Waals surface area contributed by atoms with Gasteiger partial charge in [-0.05, 0) is 49.6 Å². The number of aromatic nitrogens is 2. The first-order valence-corrected chi connectivity index (χ1v) is 13.6. The van der Waals surface area contributed by atoms with Crippen molar-refractivity contribution < 1.29 is 22.8 Å². The number of nitrogens with zero attached hydrogens (tertiary/aromatic N) is 4. The molecule has 11 heteroatoms. The van der Waals surface area contributed by atoms with Crippen molar-refractivity contribution in [2.45, 2.75) is 62.6 Å². The summed E-state index contributed by atoms with van der Waals surface area (Å²) < 4.78 is 42.1. The normalized spacial score (nSPS) is 19.9. The van der Waals surface area contributed by atoms with Crippen LogP contribution in [-0.2, 0) is 9.59 Å². The van der Waals surface area contributed by atoms with Crippen molar-refractivity contribution in [3.8, 4) is 0 Å². The van der Waals surface area contributed by atoms with Gasteiger partial charge in [0.05, 0.1) is 6.04 Å². The summed E-state index contributed by atoms with van der Waals surface area (Å²) in [5.74, 6) is -3.59. The van der Waals surface area contributed by atoms with Crippen molar-refractivity contribution in [1.29, 1.82) is 0 Å². The molecule has 0 bridgehead atoms. The lowest BCUT2D eigenvalue weighted by atomic mass is 9.91. The minimum Gasteiger partial charge on any atom is -0.354 e. The summed E-state index contributed by atoms with van der Waals surface area (Å²) in [4.78, 5) is 38.7. The molecule has 1 saturated carbocycles. The second-order valence-corrected chi connectivity index (χ2v) is 10.6. The minimum absolute atomic E-state index is 0.138. The number of benzene rings is 2. The third-order valence-corrected chi connectivity index (χ3v) is 7.81. The summed E-state index contributed by atoms with van der Waals surface area (Å²) in [6, 6.07) is 12.5. The van der Waals surface area contributed by atoms with Gasteiger partial charge in [0.25, 0.3) is 0 Å². The van der Waals surface area contributed by atoms with Crippen LogP contribution >= 0.6 is 11.6 Å². The standard InChI is InChI=1S/C29H29ClF3N5O2/c30-24-8-2-1-7-23(24)26(27(40)36-20-11-13-29(32,33)14-12-20)37(21-6-3-5-19(31)17-21)18-22-9-10-25(39)38(22)28-34-15-4-16-35-28/h1-8,15-17,20,22,26H,9-14,18H2,(H,36,40)/t22?,26-/m1/s1. The number of alkyl halides is 2. The van der Waals surface area contributed by atoms with Crippen molar-refractivity contribution in [2.75, 3.05) is 16.3 Å². The highest BCUT2D eigenvalue weighted by Gasteiger charge is 2.40. The van der Waals surface area contributed by atoms with Gasteiger partial charge in [0.2, 0.25) is 23.7 Å². The van der Waals surface area contributed by atoms with E-state index in [1.165, 1.54) is 17.0 Å². The molecule has 2 fully saturated rings. The first kappa shape index (κ1) is 27.9. The van der Waals surface area contributed by atoms with Crippen LogP contribution in [0.3, 0.4) is 0 Å². The zero-order valence-corrected chi connectivity index (χ0v) is 22.4. The summed E-state index contributed by atoms with van der Waals surface area (Å²) >= 11 is 6.61. The summed E-state index contributed by atoms with van der Waals surface area (Å²) in [5.41, 5.74) is 0.877. The molecule has 1 saturated heterocycles. The molecule has 40 heavy (non-hydrogen) atoms. The third kappa shape index (κ3) is 6.22. The van der Waals surface area contributed by atoms with Gasteiger partial charge in [-0.15, -0.1) is 0 Å². The fourth-order valence-corrected chi connectivity index (χ4v) is 5.70. The van der Waals surface area contributed by atoms with Gasteiger partial charge >= 0.3 is 0 Å². The Balaban J connectivity index is 1.53. The fraction of sp³-hybridized carbons (Fsp3) is 0.379. The molecule has 7 nitrogen and oxygen atoms in total. The van der Waals surface area contributed by atoms with Crippen LogP contribution in [-0.4, -0.2) is 46.3 Å². The van der Waals surface area contributed by atoms with E-state index in [1.54, 1.807) is 59.8 Å². The van der Waals surface area contributed by atoms with Crippen molar-refractivity contribution in [3.05, 3.63) is 83.4 Å². The molecule has 0 spiro atoms. The average Bonchev–Trinajstić information content (AvgIpc) is 3.30. The molecule has 2 aliphatic rings. The van der Waals surface area contributed by atoms with E-state index in [0.717, 1.165) is 0 Å². The SMILES string of the molecule is O=C(NC1CCC(F)(F)CC1)[C@@H](c1ccccc1Cl)N(CC1CCC(=O)N1c1ncccn1)c1cccc(F)c1. The molecule has 0 radical (unpaired) electrons. The van der Waals surface area contributed by atoms with E-state index in [0.29, 0.717) is 22.7 Å². The lowest BCUT2D eigenvalue weighted by Gasteiger charge is -2.38. The molecule has 2 atom stereocenters. The van der Waals surface area contributed by atoms with E-state index in [9.17, 15) is 22.8 Å². The Hall–Kier alpha value is -3.66. The number of amides is 2. The number of carbonyl (C=O) groups excluding carboxylic acids is 2. The van der Waals surface area contributed by atoms with Crippen LogP contribution in [0.15, 0.2) is 67.0 Å². The molecular formula is C29H29ClF3N5O2. The number of hydrogen-bond donors (Lipinski definition) is 1. The Kier molecular flexibility index (Phi) is 8.25. The van der Waals surface area contributed by atoms with E-state index >= 15 is 0 Å². The first-order valence-electron chi connectivity index (χ1n) is 13.3. The van der Waals surface area contributed by atoms with Gasteiger partial charge in [0.1, 0.15) is 11.9 Å². The topological polar surface area (TPSA) is 78.4 Å². The molecule has 2 heterocycles. The predicted octanol–water partition coefficient (Wildman–Crippen LogP) is 5.71. The molecule has 2 amide bonds. The average molecular weight is 572 g/mol. The Labute approximate surface area is 235 Å². The zero-order valence-electron chi connectivity index (χ0n) is 21.6. The smallest absolute Gasteiger partial charge is 0.248 e. The highest BCUT2D eigenvalue weighted by atomic mass is 35.5. The largest absolute Gasteiger partial charge is 0.354 e. The van der Waals surface area contributed by atoms with Gasteiger partial charge in [0.15, 0.2) is 0 Å². The maximum Gasteiger partial charge on any atom is 0.248 e. The van der Waals surface area contributed by atoms with Crippen LogP contribution in [0.1, 0.15) is 50.1 Å². The van der Waals surface area contributed by atoms with E-state index in [1.807, 2.05) is 0 Å². The van der Waals surface area contributed by atoms with Crippen molar-refractivity contribution in [1.82, 2.24) is 15.3 Å². The van der Waals surface area contributed by atoms with Gasteiger partial charge in [-0.25, -0.2) is 23.1 Å². The predicted molar refractivity (Wildman–Crippen MR) is 146 cm³/mol. The number of nitrogens with one attached hydrogen (secondary N) is 1. The van der Waals surface area contributed by atoms with Crippen molar-refractivity contribution in [2.24, 2.45) is 0 Å². The Morgan fingerprint density at radius 3 is 2.50 bits per heavy atom. The van der Waals surface area contributed by atoms with Crippen LogP contribution in [0.5, 0.6) is 0 Å². The second kappa shape index (κ2) is 11.8. The Morgan fingerprint density at radius 1 is 1.07 bits per heavy atom. The van der Waals surface area contributed by atoms with Gasteiger partial charge in [-0.3, -0.25) is 14.5 Å². The summed E-state index contributed by atoms with van der Waals surface area (Å²) in [6.45, 7) is 0.138. The van der Waals surface area contributed by atoms with E-state index in [2.05, 4.69) is 15.3 Å². The van der Waals surface area contributed by atoms with E-state index in [4.69, 9.17) is 11.6 Å². The molecule has 3 aromatic rings. The van der Waals surface area contributed by atoms with Crippen molar-refractivity contribution in [3.63, 3.8) is 0 Å². The lowest BCUT2D eigenvalue weighted by Crippen LogP contribution is -2.50. The van der Waals surface area contributed by atoms with Crippen LogP contribution in [0.4, 0.5) is 24.8 Å². The van der Waals surface area contributed by atoms with Crippen LogP contribution in [0.25, 0.3) is 0 Å². The number of rotatable bonds is 8. The molecule has 2 aromatic carbocycles. The Bertz CT molecular complexity index is 1350. The molecule has 1 aliphatic heterocycles. The number of carbonyl (C=O) groups is 2. The monoisotopic (exact) mass is 571 g/mol.